The highest BCUT2D eigenvalue weighted by Gasteiger charge is 2.15. The molecule has 0 N–H and O–H groups in total. The monoisotopic (exact) mass is 386 g/mol. The third-order valence-electron chi connectivity index (χ3n) is 4.77. The van der Waals surface area contributed by atoms with Crippen LogP contribution in [0, 0.1) is 17.3 Å². The summed E-state index contributed by atoms with van der Waals surface area (Å²) in [6, 6.07) is 0. The summed E-state index contributed by atoms with van der Waals surface area (Å²) in [6.07, 6.45) is 8.20. The van der Waals surface area contributed by atoms with E-state index >= 15 is 0 Å². The van der Waals surface area contributed by atoms with Crippen molar-refractivity contribution in [2.75, 3.05) is 33.0 Å². The second kappa shape index (κ2) is 16.4. The van der Waals surface area contributed by atoms with E-state index in [1.807, 2.05) is 0 Å². The molecule has 0 saturated heterocycles. The van der Waals surface area contributed by atoms with E-state index in [1.54, 1.807) is 0 Å². The fourth-order valence-electron chi connectivity index (χ4n) is 3.28. The van der Waals surface area contributed by atoms with Crippen LogP contribution >= 0.6 is 0 Å². The van der Waals surface area contributed by atoms with Crippen molar-refractivity contribution in [3.63, 3.8) is 0 Å². The van der Waals surface area contributed by atoms with Crippen LogP contribution in [0.25, 0.3) is 0 Å². The third-order valence-corrected chi connectivity index (χ3v) is 4.77. The summed E-state index contributed by atoms with van der Waals surface area (Å²) in [6.45, 7) is 16.6. The van der Waals surface area contributed by atoms with Gasteiger partial charge in [-0.1, -0.05) is 60.8 Å². The second-order valence-corrected chi connectivity index (χ2v) is 9.09. The van der Waals surface area contributed by atoms with Gasteiger partial charge < -0.3 is 14.2 Å². The van der Waals surface area contributed by atoms with Gasteiger partial charge in [-0.15, -0.1) is 0 Å². The molecule has 4 heteroatoms. The van der Waals surface area contributed by atoms with E-state index in [2.05, 4.69) is 41.5 Å². The van der Waals surface area contributed by atoms with Crippen molar-refractivity contribution in [2.45, 2.75) is 92.9 Å². The minimum atomic E-state index is -0.112. The van der Waals surface area contributed by atoms with Gasteiger partial charge in [-0.25, -0.2) is 0 Å². The standard InChI is InChI=1S/C23H46O4/c1-7-9-11-21(8-2)19-26-17-16-25-14-10-12-22(24)27-15-13-20(3)18-23(4,5)6/h20-21H,7-19H2,1-6H3. The normalized spacial score (nSPS) is 14.1. The molecule has 2 unspecified atom stereocenters. The third kappa shape index (κ3) is 18.5. The number of rotatable bonds is 17. The highest BCUT2D eigenvalue weighted by Crippen LogP contribution is 2.25. The Kier molecular flexibility index (Phi) is 16.0. The lowest BCUT2D eigenvalue weighted by Crippen LogP contribution is -2.15. The lowest BCUT2D eigenvalue weighted by Gasteiger charge is -2.23. The van der Waals surface area contributed by atoms with Crippen molar-refractivity contribution < 1.29 is 19.0 Å². The molecule has 0 aromatic carbocycles. The highest BCUT2D eigenvalue weighted by molar-refractivity contribution is 5.69. The summed E-state index contributed by atoms with van der Waals surface area (Å²) in [5, 5.41) is 0. The molecule has 2 atom stereocenters. The number of hydrogen-bond acceptors (Lipinski definition) is 4. The topological polar surface area (TPSA) is 44.8 Å². The molecule has 0 amide bonds. The molecule has 162 valence electrons. The van der Waals surface area contributed by atoms with Crippen LogP contribution in [0.15, 0.2) is 0 Å². The quantitative estimate of drug-likeness (QED) is 0.226. The summed E-state index contributed by atoms with van der Waals surface area (Å²) < 4.78 is 16.6. The minimum Gasteiger partial charge on any atom is -0.466 e. The van der Waals surface area contributed by atoms with Crippen molar-refractivity contribution in [3.05, 3.63) is 0 Å². The SMILES string of the molecule is CCCCC(CC)COCCOCCCC(=O)OCCC(C)CC(C)(C)C. The first-order chi connectivity index (χ1) is 12.8. The van der Waals surface area contributed by atoms with E-state index in [-0.39, 0.29) is 5.97 Å². The van der Waals surface area contributed by atoms with Crippen molar-refractivity contribution >= 4 is 5.97 Å². The number of hydrogen-bond donors (Lipinski definition) is 0. The van der Waals surface area contributed by atoms with Crippen LogP contribution in [0.2, 0.25) is 0 Å². The lowest BCUT2D eigenvalue weighted by atomic mass is 9.84. The lowest BCUT2D eigenvalue weighted by molar-refractivity contribution is -0.144. The molecule has 0 bridgehead atoms. The van der Waals surface area contributed by atoms with E-state index in [9.17, 15) is 4.79 Å². The zero-order valence-electron chi connectivity index (χ0n) is 19.0. The number of carbonyl (C=O) groups is 1. The summed E-state index contributed by atoms with van der Waals surface area (Å²) in [7, 11) is 0. The van der Waals surface area contributed by atoms with Gasteiger partial charge >= 0.3 is 5.97 Å². The Morgan fingerprint density at radius 1 is 0.926 bits per heavy atom. The molecule has 27 heavy (non-hydrogen) atoms. The van der Waals surface area contributed by atoms with E-state index in [4.69, 9.17) is 14.2 Å². The molecule has 0 rings (SSSR count). The molecule has 0 aromatic heterocycles. The van der Waals surface area contributed by atoms with Gasteiger partial charge in [-0.3, -0.25) is 4.79 Å². The Hall–Kier alpha value is -0.610. The van der Waals surface area contributed by atoms with Crippen molar-refractivity contribution in [2.24, 2.45) is 17.3 Å². The van der Waals surface area contributed by atoms with Gasteiger partial charge in [0, 0.05) is 19.6 Å². The van der Waals surface area contributed by atoms with Crippen molar-refractivity contribution in [3.8, 4) is 0 Å². The van der Waals surface area contributed by atoms with E-state index in [1.165, 1.54) is 25.7 Å². The van der Waals surface area contributed by atoms with Gasteiger partial charge in [-0.2, -0.15) is 0 Å². The van der Waals surface area contributed by atoms with Gasteiger partial charge in [0.2, 0.25) is 0 Å². The molecule has 0 spiro atoms. The van der Waals surface area contributed by atoms with Crippen molar-refractivity contribution in [1.82, 2.24) is 0 Å². The van der Waals surface area contributed by atoms with Gasteiger partial charge in [-0.05, 0) is 42.9 Å². The van der Waals surface area contributed by atoms with E-state index in [0.717, 1.165) is 19.4 Å². The van der Waals surface area contributed by atoms with Gasteiger partial charge in [0.05, 0.1) is 19.8 Å². The molecule has 4 nitrogen and oxygen atoms in total. The van der Waals surface area contributed by atoms with E-state index < -0.39 is 0 Å². The first kappa shape index (κ1) is 26.4. The molecule has 0 radical (unpaired) electrons. The van der Waals surface area contributed by atoms with Crippen molar-refractivity contribution in [1.29, 1.82) is 0 Å². The Morgan fingerprint density at radius 3 is 2.26 bits per heavy atom. The minimum absolute atomic E-state index is 0.112. The van der Waals surface area contributed by atoms with Crippen LogP contribution in [0.5, 0.6) is 0 Å². The number of carbonyl (C=O) groups excluding carboxylic acids is 1. The van der Waals surface area contributed by atoms with Gasteiger partial charge in [0.1, 0.15) is 0 Å². The molecular weight excluding hydrogens is 340 g/mol. The number of ether oxygens (including phenoxy) is 3. The summed E-state index contributed by atoms with van der Waals surface area (Å²) in [5.74, 6) is 1.14. The van der Waals surface area contributed by atoms with Gasteiger partial charge in [0.15, 0.2) is 0 Å². The van der Waals surface area contributed by atoms with Crippen LogP contribution in [-0.2, 0) is 19.0 Å². The first-order valence-corrected chi connectivity index (χ1v) is 11.1. The second-order valence-electron chi connectivity index (χ2n) is 9.09. The molecule has 0 aromatic rings. The van der Waals surface area contributed by atoms with Gasteiger partial charge in [0.25, 0.3) is 0 Å². The van der Waals surface area contributed by atoms with E-state index in [0.29, 0.717) is 56.5 Å². The van der Waals surface area contributed by atoms with Crippen LogP contribution in [0.4, 0.5) is 0 Å². The molecule has 0 heterocycles. The largest absolute Gasteiger partial charge is 0.466 e. The van der Waals surface area contributed by atoms with Crippen LogP contribution in [-0.4, -0.2) is 39.0 Å². The molecule has 0 saturated carbocycles. The van der Waals surface area contributed by atoms with Crippen LogP contribution < -0.4 is 0 Å². The van der Waals surface area contributed by atoms with Crippen LogP contribution in [0.3, 0.4) is 0 Å². The highest BCUT2D eigenvalue weighted by atomic mass is 16.5. The summed E-state index contributed by atoms with van der Waals surface area (Å²) in [4.78, 5) is 11.7. The molecule has 0 aliphatic heterocycles. The Balaban J connectivity index is 3.48. The fraction of sp³-hybridized carbons (Fsp3) is 0.957. The molecular formula is C23H46O4. The summed E-state index contributed by atoms with van der Waals surface area (Å²) >= 11 is 0. The number of esters is 1. The Labute approximate surface area is 168 Å². The van der Waals surface area contributed by atoms with Crippen LogP contribution in [0.1, 0.15) is 92.9 Å². The zero-order valence-corrected chi connectivity index (χ0v) is 19.0. The Bertz CT molecular complexity index is 349. The molecule has 0 aliphatic carbocycles. The zero-order chi connectivity index (χ0) is 20.5. The molecule has 0 fully saturated rings. The maximum absolute atomic E-state index is 11.7. The average Bonchev–Trinajstić information content (AvgIpc) is 2.58. The fourth-order valence-corrected chi connectivity index (χ4v) is 3.28. The smallest absolute Gasteiger partial charge is 0.305 e. The number of unbranched alkanes of at least 4 members (excludes halogenated alkanes) is 1. The average molecular weight is 387 g/mol. The predicted octanol–water partition coefficient (Wildman–Crippen LogP) is 6.02. The predicted molar refractivity (Wildman–Crippen MR) is 113 cm³/mol. The summed E-state index contributed by atoms with van der Waals surface area (Å²) in [5.41, 5.74) is 0.331. The maximum Gasteiger partial charge on any atom is 0.305 e. The maximum atomic E-state index is 11.7. The molecule has 0 aliphatic rings. The first-order valence-electron chi connectivity index (χ1n) is 11.1. The Morgan fingerprint density at radius 2 is 1.63 bits per heavy atom.